The molecule has 0 aliphatic carbocycles. The molecule has 29 heteroatoms. The maximum absolute atomic E-state index is 14.3. The third-order valence-corrected chi connectivity index (χ3v) is 17.6. The van der Waals surface area contributed by atoms with Crippen molar-refractivity contribution in [1.82, 2.24) is 56.5 Å². The normalized spacial score (nSPS) is 17.7. The standard InChI is InChI=1S/C52H57N13O10S6/c1-7-28-43(70)64-38(25(2)3)51-65-40(34(81-51)20-74-5)45(72)54-19-37(68)63-41(42(69)26-12-9-8-10-13-26)50-60-33(23-79-50)49-58-31(21-78-49)39-27(14-15-29(55-39)48-61-35(24-80-48)62-52(73)75-17-11-16-66)46-59-32(22-77-46)44(71)56-30(18-36(67)53-4)47(57-28)76-6/h8-10,12-15,21-25,28,30,38,41-42,66,69H,7,11,16-20H2,1-6H3,(H,53,67)(H,54,72)(H,56,71)(H,62,73)(H,63,68)(H,64,70)/t28?,30-,38-,41-,42-/m0/s1. The van der Waals surface area contributed by atoms with Crippen molar-refractivity contribution in [2.24, 2.45) is 10.9 Å². The van der Waals surface area contributed by atoms with Crippen molar-refractivity contribution < 1.29 is 48.5 Å². The summed E-state index contributed by atoms with van der Waals surface area (Å²) in [5.74, 6) is -2.79. The van der Waals surface area contributed by atoms with E-state index in [0.717, 1.165) is 0 Å². The van der Waals surface area contributed by atoms with E-state index in [1.54, 1.807) is 77.2 Å². The van der Waals surface area contributed by atoms with Gasteiger partial charge in [0, 0.05) is 54.3 Å². The highest BCUT2D eigenvalue weighted by Gasteiger charge is 2.33. The molecule has 6 aromatic heterocycles. The number of hydrogen-bond donors (Lipinski definition) is 8. The lowest BCUT2D eigenvalue weighted by Crippen LogP contribution is -2.44. The molecule has 5 atom stereocenters. The highest BCUT2D eigenvalue weighted by atomic mass is 32.2. The molecule has 0 fully saturated rings. The fourth-order valence-electron chi connectivity index (χ4n) is 8.05. The van der Waals surface area contributed by atoms with Crippen molar-refractivity contribution in [2.75, 3.05) is 45.5 Å². The van der Waals surface area contributed by atoms with Crippen LogP contribution in [-0.4, -0.2) is 133 Å². The SMILES string of the molecule is CCC1N=C(SC)[C@H](CC(=O)NC)NC(=O)c2csc(n2)-c2ccc(-c3nc(NC(=O)OCCCO)cs3)nc2-c2csc(n2)-c2csc(n2)[C@H]([C@@H](O)c2ccccc2)NC(=O)CNC(=O)c2nc(sc2COC)[C@H](C(C)C)NC1=O. The first-order valence-electron chi connectivity index (χ1n) is 25.2. The molecule has 0 radical (unpaired) electrons. The maximum atomic E-state index is 14.3. The number of benzene rings is 1. The Balaban J connectivity index is 1.22. The molecule has 0 saturated heterocycles. The predicted molar refractivity (Wildman–Crippen MR) is 313 cm³/mol. The van der Waals surface area contributed by atoms with Crippen molar-refractivity contribution >= 4 is 115 Å². The number of methoxy groups -OCH3 is 1. The number of aliphatic imine (C=N–C) groups is 1. The number of thiazole rings is 5. The van der Waals surface area contributed by atoms with Gasteiger partial charge in [-0.25, -0.2) is 34.7 Å². The molecule has 1 unspecified atom stereocenters. The van der Waals surface area contributed by atoms with Crippen molar-refractivity contribution in [3.05, 3.63) is 95.8 Å². The molecule has 6 amide bonds. The quantitative estimate of drug-likeness (QED) is 0.0537. The zero-order valence-electron chi connectivity index (χ0n) is 44.5. The Morgan fingerprint density at radius 2 is 1.53 bits per heavy atom. The van der Waals surface area contributed by atoms with Crippen molar-refractivity contribution in [3.8, 4) is 43.4 Å². The van der Waals surface area contributed by atoms with E-state index in [1.165, 1.54) is 82.6 Å². The molecule has 1 aliphatic rings. The number of nitrogens with zero attached hydrogens (tertiary/aromatic N) is 7. The number of nitrogens with one attached hydrogen (secondary N) is 6. The Morgan fingerprint density at radius 3 is 2.26 bits per heavy atom. The van der Waals surface area contributed by atoms with Gasteiger partial charge in [0.2, 0.25) is 17.7 Å². The number of aliphatic hydroxyl groups is 2. The Labute approximate surface area is 489 Å². The van der Waals surface area contributed by atoms with Gasteiger partial charge in [-0.2, -0.15) is 0 Å². The van der Waals surface area contributed by atoms with E-state index in [9.17, 15) is 33.9 Å². The fourth-order valence-corrected chi connectivity index (χ4v) is 13.2. The van der Waals surface area contributed by atoms with Gasteiger partial charge in [-0.15, -0.1) is 68.4 Å². The number of fused-ring (bicyclic) bond motifs is 12. The summed E-state index contributed by atoms with van der Waals surface area (Å²) < 4.78 is 10.6. The number of aromatic nitrogens is 6. The molecular formula is C52H57N13O10S6. The number of anilines is 1. The molecule has 7 heterocycles. The topological polar surface area (TPSA) is 323 Å². The van der Waals surface area contributed by atoms with Crippen LogP contribution in [0.1, 0.15) is 99.7 Å². The lowest BCUT2D eigenvalue weighted by molar-refractivity contribution is -0.123. The molecule has 426 valence electrons. The van der Waals surface area contributed by atoms with Gasteiger partial charge in [-0.3, -0.25) is 34.3 Å². The molecule has 81 heavy (non-hydrogen) atoms. The number of amides is 6. The van der Waals surface area contributed by atoms with Gasteiger partial charge in [-0.05, 0) is 36.3 Å². The summed E-state index contributed by atoms with van der Waals surface area (Å²) in [6, 6.07) is 8.52. The minimum absolute atomic E-state index is 0.00511. The molecule has 0 saturated carbocycles. The van der Waals surface area contributed by atoms with Gasteiger partial charge in [0.15, 0.2) is 0 Å². The molecule has 1 aromatic carbocycles. The first kappa shape index (κ1) is 60.1. The van der Waals surface area contributed by atoms with Crippen LogP contribution >= 0.6 is 68.4 Å². The van der Waals surface area contributed by atoms with Gasteiger partial charge in [0.05, 0.1) is 53.9 Å². The zero-order valence-corrected chi connectivity index (χ0v) is 49.4. The van der Waals surface area contributed by atoms with Gasteiger partial charge >= 0.3 is 6.09 Å². The van der Waals surface area contributed by atoms with Gasteiger partial charge in [0.25, 0.3) is 11.8 Å². The summed E-state index contributed by atoms with van der Waals surface area (Å²) in [4.78, 5) is 116. The van der Waals surface area contributed by atoms with E-state index < -0.39 is 72.4 Å². The van der Waals surface area contributed by atoms with Crippen molar-refractivity contribution in [1.29, 1.82) is 0 Å². The minimum atomic E-state index is -1.27. The maximum Gasteiger partial charge on any atom is 0.412 e. The number of ether oxygens (including phenoxy) is 2. The molecule has 8 bridgehead atoms. The highest BCUT2D eigenvalue weighted by molar-refractivity contribution is 8.13. The number of carbonyl (C=O) groups excluding carboxylic acids is 6. The first-order chi connectivity index (χ1) is 39.1. The lowest BCUT2D eigenvalue weighted by Gasteiger charge is -2.24. The Kier molecular flexibility index (Phi) is 20.9. The summed E-state index contributed by atoms with van der Waals surface area (Å²) >= 11 is 7.20. The van der Waals surface area contributed by atoms with Crippen LogP contribution in [0.25, 0.3) is 43.4 Å². The summed E-state index contributed by atoms with van der Waals surface area (Å²) in [6.07, 6.45) is 0.0235. The second-order valence-corrected chi connectivity index (χ2v) is 23.6. The highest BCUT2D eigenvalue weighted by Crippen LogP contribution is 2.40. The monoisotopic (exact) mass is 1220 g/mol. The van der Waals surface area contributed by atoms with E-state index in [2.05, 4.69) is 36.9 Å². The van der Waals surface area contributed by atoms with Crippen LogP contribution in [-0.2, 0) is 30.5 Å². The molecule has 8 N–H and O–H groups in total. The number of pyridine rings is 1. The molecule has 23 nitrogen and oxygen atoms in total. The number of rotatable bonds is 13. The van der Waals surface area contributed by atoms with Gasteiger partial charge < -0.3 is 46.3 Å². The number of aliphatic hydroxyl groups excluding tert-OH is 2. The van der Waals surface area contributed by atoms with E-state index in [-0.39, 0.29) is 62.2 Å². The fraction of sp³-hybridized carbons (Fsp3) is 0.365. The average molecular weight is 1220 g/mol. The molecule has 8 rings (SSSR count). The summed E-state index contributed by atoms with van der Waals surface area (Å²) in [7, 11) is 2.95. The largest absolute Gasteiger partial charge is 0.449 e. The summed E-state index contributed by atoms with van der Waals surface area (Å²) in [5, 5.41) is 46.8. The van der Waals surface area contributed by atoms with Gasteiger partial charge in [-0.1, -0.05) is 51.1 Å². The van der Waals surface area contributed by atoms with Crippen LogP contribution in [0.2, 0.25) is 0 Å². The van der Waals surface area contributed by atoms with Gasteiger partial charge in [0.1, 0.15) is 77.5 Å². The Bertz CT molecular complexity index is 3400. The number of thioether (sulfide) groups is 1. The molecule has 0 spiro atoms. The average Bonchev–Trinajstić information content (AvgIpc) is 4.51. The van der Waals surface area contributed by atoms with Crippen molar-refractivity contribution in [3.63, 3.8) is 0 Å². The third-order valence-electron chi connectivity index (χ3n) is 12.2. The molecule has 1 aliphatic heterocycles. The number of carbonyl (C=O) groups is 6. The third kappa shape index (κ3) is 14.9. The van der Waals surface area contributed by atoms with E-state index >= 15 is 0 Å². The Morgan fingerprint density at radius 1 is 0.802 bits per heavy atom. The minimum Gasteiger partial charge on any atom is -0.449 e. The van der Waals surface area contributed by atoms with Crippen LogP contribution in [0.3, 0.4) is 0 Å². The Hall–Kier alpha value is -6.96. The van der Waals surface area contributed by atoms with Crippen LogP contribution in [0.15, 0.2) is 69.0 Å². The predicted octanol–water partition coefficient (Wildman–Crippen LogP) is 7.03. The van der Waals surface area contributed by atoms with Crippen LogP contribution in [0.4, 0.5) is 10.6 Å². The second-order valence-electron chi connectivity index (χ2n) is 18.2. The van der Waals surface area contributed by atoms with E-state index in [4.69, 9.17) is 44.5 Å². The molecule has 7 aromatic rings. The smallest absolute Gasteiger partial charge is 0.412 e. The second kappa shape index (κ2) is 28.2. The zero-order chi connectivity index (χ0) is 57.7. The van der Waals surface area contributed by atoms with E-state index in [0.29, 0.717) is 68.9 Å². The number of hydrogen-bond acceptors (Lipinski definition) is 23. The molecular weight excluding hydrogens is 1160 g/mol. The first-order valence-corrected chi connectivity index (χ1v) is 30.8. The lowest BCUT2D eigenvalue weighted by atomic mass is 10.0. The van der Waals surface area contributed by atoms with Crippen molar-refractivity contribution in [2.45, 2.75) is 76.9 Å². The van der Waals surface area contributed by atoms with Crippen LogP contribution in [0.5, 0.6) is 0 Å². The van der Waals surface area contributed by atoms with Crippen LogP contribution in [0, 0.1) is 5.92 Å². The van der Waals surface area contributed by atoms with E-state index in [1.807, 2.05) is 13.8 Å². The summed E-state index contributed by atoms with van der Waals surface area (Å²) in [5.41, 5.74) is 2.64. The summed E-state index contributed by atoms with van der Waals surface area (Å²) in [6.45, 7) is 4.96. The van der Waals surface area contributed by atoms with Crippen LogP contribution < -0.4 is 31.9 Å².